The van der Waals surface area contributed by atoms with Crippen molar-refractivity contribution in [3.8, 4) is 5.75 Å². The van der Waals surface area contributed by atoms with Crippen LogP contribution in [0.25, 0.3) is 16.8 Å². The van der Waals surface area contributed by atoms with Gasteiger partial charge >= 0.3 is 5.97 Å². The molecule has 1 aliphatic rings. The number of nitrogens with zero attached hydrogens (tertiary/aromatic N) is 2. The zero-order valence-corrected chi connectivity index (χ0v) is 23.6. The maximum Gasteiger partial charge on any atom is 0.338 e. The quantitative estimate of drug-likeness (QED) is 0.241. The van der Waals surface area contributed by atoms with Crippen molar-refractivity contribution in [2.75, 3.05) is 6.61 Å². The molecule has 3 aromatic carbocycles. The van der Waals surface area contributed by atoms with E-state index in [0.29, 0.717) is 33.0 Å². The average molecular weight is 567 g/mol. The second-order valence-electron chi connectivity index (χ2n) is 9.32. The van der Waals surface area contributed by atoms with Crippen molar-refractivity contribution >= 4 is 45.5 Å². The van der Waals surface area contributed by atoms with Gasteiger partial charge in [-0.2, -0.15) is 0 Å². The normalized spacial score (nSPS) is 15.2. The van der Waals surface area contributed by atoms with Gasteiger partial charge in [-0.25, -0.2) is 9.79 Å². The minimum Gasteiger partial charge on any atom is -0.489 e. The smallest absolute Gasteiger partial charge is 0.338 e. The van der Waals surface area contributed by atoms with Crippen LogP contribution in [0.1, 0.15) is 35.9 Å². The number of fused-ring (bicyclic) bond motifs is 2. The highest BCUT2D eigenvalue weighted by Crippen LogP contribution is 2.33. The van der Waals surface area contributed by atoms with Crippen LogP contribution in [0, 0.1) is 0 Å². The Morgan fingerprint density at radius 1 is 1.05 bits per heavy atom. The molecule has 0 amide bonds. The Morgan fingerprint density at radius 3 is 2.70 bits per heavy atom. The van der Waals surface area contributed by atoms with Gasteiger partial charge < -0.3 is 9.47 Å². The number of allylic oxidation sites excluding steroid dienone is 1. The van der Waals surface area contributed by atoms with Crippen molar-refractivity contribution in [1.29, 1.82) is 0 Å². The highest BCUT2D eigenvalue weighted by atomic mass is 32.1. The van der Waals surface area contributed by atoms with Gasteiger partial charge in [0.15, 0.2) is 4.80 Å². The first-order valence-corrected chi connectivity index (χ1v) is 14.7. The van der Waals surface area contributed by atoms with Crippen LogP contribution >= 0.6 is 22.7 Å². The number of rotatable bonds is 7. The van der Waals surface area contributed by atoms with E-state index in [0.717, 1.165) is 16.0 Å². The zero-order chi connectivity index (χ0) is 27.6. The van der Waals surface area contributed by atoms with Gasteiger partial charge in [0.25, 0.3) is 5.56 Å². The number of hydrogen-bond acceptors (Lipinski definition) is 7. The van der Waals surface area contributed by atoms with Crippen LogP contribution in [0.3, 0.4) is 0 Å². The lowest BCUT2D eigenvalue weighted by Gasteiger charge is -2.23. The van der Waals surface area contributed by atoms with Crippen LogP contribution in [-0.2, 0) is 16.1 Å². The fourth-order valence-electron chi connectivity index (χ4n) is 4.93. The third kappa shape index (κ3) is 4.92. The van der Waals surface area contributed by atoms with E-state index in [2.05, 4.69) is 29.3 Å². The molecule has 6 rings (SSSR count). The molecule has 0 bridgehead atoms. The number of aromatic nitrogens is 1. The van der Waals surface area contributed by atoms with Crippen molar-refractivity contribution in [1.82, 2.24) is 4.57 Å². The van der Waals surface area contributed by atoms with Crippen LogP contribution in [0.2, 0.25) is 0 Å². The Bertz CT molecular complexity index is 1930. The van der Waals surface area contributed by atoms with E-state index in [-0.39, 0.29) is 12.2 Å². The third-order valence-electron chi connectivity index (χ3n) is 6.76. The molecule has 1 atom stereocenters. The largest absolute Gasteiger partial charge is 0.489 e. The van der Waals surface area contributed by atoms with Crippen molar-refractivity contribution in [2.24, 2.45) is 4.99 Å². The molecule has 8 heteroatoms. The van der Waals surface area contributed by atoms with E-state index in [1.807, 2.05) is 66.1 Å². The van der Waals surface area contributed by atoms with Gasteiger partial charge in [0.1, 0.15) is 18.4 Å². The fraction of sp³-hybridized carbons (Fsp3) is 0.156. The van der Waals surface area contributed by atoms with Crippen LogP contribution in [-0.4, -0.2) is 17.1 Å². The number of ether oxygens (including phenoxy) is 2. The lowest BCUT2D eigenvalue weighted by atomic mass is 10.0. The number of carbonyl (C=O) groups excluding carboxylic acids is 1. The zero-order valence-electron chi connectivity index (χ0n) is 22.0. The Kier molecular flexibility index (Phi) is 7.19. The summed E-state index contributed by atoms with van der Waals surface area (Å²) in [5.74, 6) is 0.263. The molecular weight excluding hydrogens is 540 g/mol. The molecule has 0 aliphatic carbocycles. The van der Waals surface area contributed by atoms with Gasteiger partial charge in [0.2, 0.25) is 0 Å². The topological polar surface area (TPSA) is 69.9 Å². The molecule has 2 aromatic heterocycles. The Balaban J connectivity index is 1.35. The summed E-state index contributed by atoms with van der Waals surface area (Å²) < 4.78 is 13.6. The molecule has 5 aromatic rings. The SMILES string of the molecule is CCOC(=O)C1=C(C)N=c2sc(=Cc3cccc(OCc4cccc5ccccc45)c3)c(=O)n2C1c1cccs1. The molecule has 1 unspecified atom stereocenters. The Hall–Kier alpha value is -4.27. The van der Waals surface area contributed by atoms with Crippen molar-refractivity contribution < 1.29 is 14.3 Å². The van der Waals surface area contributed by atoms with E-state index >= 15 is 0 Å². The molecule has 6 nitrogen and oxygen atoms in total. The van der Waals surface area contributed by atoms with Gasteiger partial charge in [-0.05, 0) is 65.4 Å². The summed E-state index contributed by atoms with van der Waals surface area (Å²) in [6.07, 6.45) is 1.85. The minimum atomic E-state index is -0.576. The van der Waals surface area contributed by atoms with Crippen LogP contribution < -0.4 is 19.6 Å². The van der Waals surface area contributed by atoms with Crippen molar-refractivity contribution in [3.63, 3.8) is 0 Å². The van der Waals surface area contributed by atoms with E-state index in [9.17, 15) is 9.59 Å². The van der Waals surface area contributed by atoms with Gasteiger partial charge in [-0.1, -0.05) is 72.0 Å². The summed E-state index contributed by atoms with van der Waals surface area (Å²) in [5.41, 5.74) is 2.71. The molecule has 3 heterocycles. The van der Waals surface area contributed by atoms with E-state index < -0.39 is 12.0 Å². The minimum absolute atomic E-state index is 0.196. The maximum absolute atomic E-state index is 13.8. The standard InChI is InChI=1S/C32H26N2O4S2/c1-3-37-31(36)28-20(2)33-32-34(29(28)26-15-8-16-39-26)30(35)27(40-32)18-21-9-6-13-24(17-21)38-19-23-12-7-11-22-10-4-5-14-25(22)23/h4-18,29H,3,19H2,1-2H3. The van der Waals surface area contributed by atoms with E-state index in [1.165, 1.54) is 33.4 Å². The predicted octanol–water partition coefficient (Wildman–Crippen LogP) is 5.59. The van der Waals surface area contributed by atoms with Crippen LogP contribution in [0.5, 0.6) is 5.75 Å². The molecule has 1 aliphatic heterocycles. The van der Waals surface area contributed by atoms with Crippen molar-refractivity contribution in [3.05, 3.63) is 131 Å². The van der Waals surface area contributed by atoms with Gasteiger partial charge in [0, 0.05) is 4.88 Å². The Morgan fingerprint density at radius 2 is 1.88 bits per heavy atom. The first kappa shape index (κ1) is 26.0. The highest BCUT2D eigenvalue weighted by molar-refractivity contribution is 7.10. The van der Waals surface area contributed by atoms with Crippen LogP contribution in [0.4, 0.5) is 0 Å². The summed E-state index contributed by atoms with van der Waals surface area (Å²) in [6.45, 7) is 4.24. The van der Waals surface area contributed by atoms with Gasteiger partial charge in [0.05, 0.1) is 22.4 Å². The number of hydrogen-bond donors (Lipinski definition) is 0. The number of thiazole rings is 1. The molecule has 0 saturated carbocycles. The molecule has 0 fully saturated rings. The maximum atomic E-state index is 13.8. The van der Waals surface area contributed by atoms with Crippen molar-refractivity contribution in [2.45, 2.75) is 26.5 Å². The summed E-state index contributed by atoms with van der Waals surface area (Å²) in [5, 5.41) is 4.28. The third-order valence-corrected chi connectivity index (χ3v) is 8.67. The molecule has 200 valence electrons. The average Bonchev–Trinajstić information content (AvgIpc) is 3.60. The molecule has 0 radical (unpaired) electrons. The summed E-state index contributed by atoms with van der Waals surface area (Å²) >= 11 is 2.81. The lowest BCUT2D eigenvalue weighted by Crippen LogP contribution is -2.39. The lowest BCUT2D eigenvalue weighted by molar-refractivity contribution is -0.139. The van der Waals surface area contributed by atoms with E-state index in [4.69, 9.17) is 9.47 Å². The summed E-state index contributed by atoms with van der Waals surface area (Å²) in [4.78, 5) is 32.8. The second-order valence-corrected chi connectivity index (χ2v) is 11.3. The number of benzene rings is 3. The number of carbonyl (C=O) groups is 1. The first-order valence-electron chi connectivity index (χ1n) is 13.0. The number of thiophene rings is 1. The van der Waals surface area contributed by atoms with Gasteiger partial charge in [-0.15, -0.1) is 11.3 Å². The number of esters is 1. The second kappa shape index (κ2) is 11.1. The highest BCUT2D eigenvalue weighted by Gasteiger charge is 2.33. The Labute approximate surface area is 238 Å². The molecular formula is C32H26N2O4S2. The van der Waals surface area contributed by atoms with E-state index in [1.54, 1.807) is 18.4 Å². The molecule has 40 heavy (non-hydrogen) atoms. The van der Waals surface area contributed by atoms with Gasteiger partial charge in [-0.3, -0.25) is 9.36 Å². The fourth-order valence-corrected chi connectivity index (χ4v) is 6.80. The summed E-state index contributed by atoms with van der Waals surface area (Å²) in [6, 6.07) is 25.4. The predicted molar refractivity (Wildman–Crippen MR) is 159 cm³/mol. The molecule has 0 N–H and O–H groups in total. The first-order chi connectivity index (χ1) is 19.5. The summed E-state index contributed by atoms with van der Waals surface area (Å²) in [7, 11) is 0. The molecule has 0 spiro atoms. The van der Waals surface area contributed by atoms with Crippen LogP contribution in [0.15, 0.2) is 105 Å². The monoisotopic (exact) mass is 566 g/mol. The molecule has 0 saturated heterocycles.